The van der Waals surface area contributed by atoms with Crippen LogP contribution in [-0.4, -0.2) is 4.57 Å². The van der Waals surface area contributed by atoms with Crippen molar-refractivity contribution in [3.63, 3.8) is 0 Å². The third-order valence-electron chi connectivity index (χ3n) is 2.32. The zero-order valence-electron chi connectivity index (χ0n) is 8.49. The third-order valence-corrected chi connectivity index (χ3v) is 2.32. The van der Waals surface area contributed by atoms with E-state index in [0.29, 0.717) is 0 Å². The summed E-state index contributed by atoms with van der Waals surface area (Å²) in [4.78, 5) is 0. The van der Waals surface area contributed by atoms with Crippen LogP contribution in [0.5, 0.6) is 0 Å². The maximum Gasteiger partial charge on any atom is 0.0453 e. The van der Waals surface area contributed by atoms with E-state index < -0.39 is 0 Å². The molecule has 0 atom stereocenters. The number of nitrogens with two attached hydrogens (primary N) is 1. The molecule has 0 spiro atoms. The van der Waals surface area contributed by atoms with Crippen molar-refractivity contribution in [1.82, 2.24) is 4.57 Å². The highest BCUT2D eigenvalue weighted by molar-refractivity contribution is 5.46. The molecule has 0 fully saturated rings. The fourth-order valence-electron chi connectivity index (χ4n) is 1.65. The monoisotopic (exact) mass is 186 g/mol. The van der Waals surface area contributed by atoms with Crippen molar-refractivity contribution < 1.29 is 0 Å². The first-order valence-electron chi connectivity index (χ1n) is 4.68. The average molecular weight is 186 g/mol. The van der Waals surface area contributed by atoms with E-state index in [1.807, 2.05) is 24.3 Å². The van der Waals surface area contributed by atoms with Crippen LogP contribution in [0.2, 0.25) is 0 Å². The molecule has 14 heavy (non-hydrogen) atoms. The van der Waals surface area contributed by atoms with Gasteiger partial charge in [0.15, 0.2) is 0 Å². The van der Waals surface area contributed by atoms with E-state index in [1.54, 1.807) is 0 Å². The van der Waals surface area contributed by atoms with Gasteiger partial charge in [-0.15, -0.1) is 0 Å². The maximum absolute atomic E-state index is 5.64. The zero-order chi connectivity index (χ0) is 10.1. The molecule has 1 heterocycles. The number of benzene rings is 1. The Hall–Kier alpha value is -1.70. The topological polar surface area (TPSA) is 30.9 Å². The summed E-state index contributed by atoms with van der Waals surface area (Å²) in [5, 5.41) is 0. The van der Waals surface area contributed by atoms with Crippen LogP contribution >= 0.6 is 0 Å². The van der Waals surface area contributed by atoms with Crippen LogP contribution in [0.3, 0.4) is 0 Å². The molecule has 0 amide bonds. The first-order chi connectivity index (χ1) is 6.66. The Morgan fingerprint density at radius 2 is 1.71 bits per heavy atom. The second kappa shape index (κ2) is 3.22. The number of rotatable bonds is 1. The predicted molar refractivity (Wildman–Crippen MR) is 59.7 cm³/mol. The Morgan fingerprint density at radius 1 is 1.07 bits per heavy atom. The zero-order valence-corrected chi connectivity index (χ0v) is 8.49. The molecule has 0 unspecified atom stereocenters. The molecule has 0 radical (unpaired) electrons. The lowest BCUT2D eigenvalue weighted by Crippen LogP contribution is -1.94. The van der Waals surface area contributed by atoms with Gasteiger partial charge in [-0.05, 0) is 49.7 Å². The smallest absolute Gasteiger partial charge is 0.0453 e. The van der Waals surface area contributed by atoms with Crippen molar-refractivity contribution in [2.24, 2.45) is 0 Å². The van der Waals surface area contributed by atoms with E-state index >= 15 is 0 Å². The molecule has 2 heteroatoms. The van der Waals surface area contributed by atoms with Crippen LogP contribution < -0.4 is 5.73 Å². The molecule has 0 saturated carbocycles. The van der Waals surface area contributed by atoms with Gasteiger partial charge in [-0.25, -0.2) is 0 Å². The maximum atomic E-state index is 5.64. The molecule has 1 aromatic heterocycles. The Morgan fingerprint density at radius 3 is 2.21 bits per heavy atom. The number of nitrogen functional groups attached to an aromatic ring is 1. The summed E-state index contributed by atoms with van der Waals surface area (Å²) < 4.78 is 2.16. The van der Waals surface area contributed by atoms with Gasteiger partial charge in [-0.3, -0.25) is 0 Å². The minimum Gasteiger partial charge on any atom is -0.399 e. The third kappa shape index (κ3) is 1.51. The van der Waals surface area contributed by atoms with Crippen molar-refractivity contribution in [3.8, 4) is 5.69 Å². The number of aromatic nitrogens is 1. The number of hydrogen-bond acceptors (Lipinski definition) is 1. The van der Waals surface area contributed by atoms with Crippen LogP contribution in [0.15, 0.2) is 36.5 Å². The highest BCUT2D eigenvalue weighted by atomic mass is 15.0. The second-order valence-electron chi connectivity index (χ2n) is 3.62. The Kier molecular flexibility index (Phi) is 2.04. The molecule has 0 saturated heterocycles. The van der Waals surface area contributed by atoms with Crippen LogP contribution in [0.1, 0.15) is 11.3 Å². The van der Waals surface area contributed by atoms with Gasteiger partial charge >= 0.3 is 0 Å². The fraction of sp³-hybridized carbons (Fsp3) is 0.167. The first-order valence-corrected chi connectivity index (χ1v) is 4.68. The highest BCUT2D eigenvalue weighted by Crippen LogP contribution is 2.15. The molecular weight excluding hydrogens is 172 g/mol. The van der Waals surface area contributed by atoms with E-state index in [4.69, 9.17) is 5.73 Å². The van der Waals surface area contributed by atoms with Gasteiger partial charge in [0.05, 0.1) is 0 Å². The summed E-state index contributed by atoms with van der Waals surface area (Å²) in [5.74, 6) is 0. The average Bonchev–Trinajstić information content (AvgIpc) is 2.47. The summed E-state index contributed by atoms with van der Waals surface area (Å²) in [6.45, 7) is 4.20. The molecule has 2 N–H and O–H groups in total. The Labute approximate surface area is 84.0 Å². The second-order valence-corrected chi connectivity index (χ2v) is 3.62. The molecule has 0 bridgehead atoms. The number of aryl methyl sites for hydroxylation is 2. The minimum atomic E-state index is 0.801. The van der Waals surface area contributed by atoms with Crippen molar-refractivity contribution in [2.75, 3.05) is 5.73 Å². The number of hydrogen-bond donors (Lipinski definition) is 1. The van der Waals surface area contributed by atoms with E-state index in [2.05, 4.69) is 30.7 Å². The van der Waals surface area contributed by atoms with Gasteiger partial charge in [-0.1, -0.05) is 0 Å². The lowest BCUT2D eigenvalue weighted by molar-refractivity contribution is 1.01. The van der Waals surface area contributed by atoms with Crippen LogP contribution in [0.4, 0.5) is 5.69 Å². The first kappa shape index (κ1) is 8.88. The van der Waals surface area contributed by atoms with E-state index in [-0.39, 0.29) is 0 Å². The largest absolute Gasteiger partial charge is 0.399 e. The van der Waals surface area contributed by atoms with Crippen molar-refractivity contribution in [1.29, 1.82) is 0 Å². The van der Waals surface area contributed by atoms with Crippen LogP contribution in [-0.2, 0) is 0 Å². The molecule has 72 valence electrons. The highest BCUT2D eigenvalue weighted by Gasteiger charge is 2.00. The van der Waals surface area contributed by atoms with Gasteiger partial charge < -0.3 is 10.3 Å². The molecule has 2 nitrogen and oxygen atoms in total. The summed E-state index contributed by atoms with van der Waals surface area (Å²) in [7, 11) is 0. The van der Waals surface area contributed by atoms with Gasteiger partial charge in [0.25, 0.3) is 0 Å². The van der Waals surface area contributed by atoms with Gasteiger partial charge in [0, 0.05) is 23.3 Å². The van der Waals surface area contributed by atoms with Gasteiger partial charge in [0.1, 0.15) is 0 Å². The molecule has 1 aromatic carbocycles. The molecule has 2 aromatic rings. The number of nitrogens with zero attached hydrogens (tertiary/aromatic N) is 1. The Bertz CT molecular complexity index is 438. The molecule has 2 rings (SSSR count). The van der Waals surface area contributed by atoms with E-state index in [9.17, 15) is 0 Å². The van der Waals surface area contributed by atoms with Crippen LogP contribution in [0, 0.1) is 13.8 Å². The van der Waals surface area contributed by atoms with Crippen molar-refractivity contribution in [2.45, 2.75) is 13.8 Å². The fourth-order valence-corrected chi connectivity index (χ4v) is 1.65. The SMILES string of the molecule is Cc1cc(C)n(-c2ccc(N)cc2)c1. The lowest BCUT2D eigenvalue weighted by Gasteiger charge is -2.05. The standard InChI is InChI=1S/C12H14N2/c1-9-7-10(2)14(8-9)12-5-3-11(13)4-6-12/h3-8H,13H2,1-2H3. The summed E-state index contributed by atoms with van der Waals surface area (Å²) >= 11 is 0. The molecule has 0 aliphatic heterocycles. The lowest BCUT2D eigenvalue weighted by atomic mass is 10.3. The van der Waals surface area contributed by atoms with Crippen molar-refractivity contribution >= 4 is 5.69 Å². The molecule has 0 aliphatic carbocycles. The summed E-state index contributed by atoms with van der Waals surface area (Å²) in [6.07, 6.45) is 2.13. The minimum absolute atomic E-state index is 0.801. The van der Waals surface area contributed by atoms with Gasteiger partial charge in [0.2, 0.25) is 0 Å². The number of anilines is 1. The van der Waals surface area contributed by atoms with E-state index in [0.717, 1.165) is 11.4 Å². The molecule has 0 aliphatic rings. The van der Waals surface area contributed by atoms with Crippen LogP contribution in [0.25, 0.3) is 5.69 Å². The van der Waals surface area contributed by atoms with E-state index in [1.165, 1.54) is 11.3 Å². The predicted octanol–water partition coefficient (Wildman–Crippen LogP) is 2.68. The summed E-state index contributed by atoms with van der Waals surface area (Å²) in [6, 6.07) is 10.1. The van der Waals surface area contributed by atoms with Crippen molar-refractivity contribution in [3.05, 3.63) is 47.8 Å². The Balaban J connectivity index is 2.49. The van der Waals surface area contributed by atoms with Gasteiger partial charge in [-0.2, -0.15) is 0 Å². The quantitative estimate of drug-likeness (QED) is 0.682. The summed E-state index contributed by atoms with van der Waals surface area (Å²) in [5.41, 5.74) is 10.1. The normalized spacial score (nSPS) is 10.4. The molecular formula is C12H14N2.